The summed E-state index contributed by atoms with van der Waals surface area (Å²) in [6.45, 7) is 0.302. The molecule has 2 N–H and O–H groups in total. The molecule has 0 spiro atoms. The molecule has 1 aromatic rings. The van der Waals surface area contributed by atoms with Crippen LogP contribution in [0.4, 0.5) is 0 Å². The third kappa shape index (κ3) is 6.87. The van der Waals surface area contributed by atoms with Crippen LogP contribution in [0.25, 0.3) is 0 Å². The number of nitrogens with two attached hydrogens (primary N) is 1. The number of ether oxygens (including phenoxy) is 4. The molecule has 0 aromatic heterocycles. The van der Waals surface area contributed by atoms with Crippen molar-refractivity contribution in [2.45, 2.75) is 62.6 Å². The van der Waals surface area contributed by atoms with Crippen LogP contribution in [0.5, 0.6) is 0 Å². The summed E-state index contributed by atoms with van der Waals surface area (Å²) in [4.78, 5) is 38.7. The van der Waals surface area contributed by atoms with Gasteiger partial charge in [0.05, 0.1) is 19.8 Å². The molecular formula is C21H28N2O9. The lowest BCUT2D eigenvalue weighted by molar-refractivity contribution is -0.757. The monoisotopic (exact) mass is 452 g/mol. The lowest BCUT2D eigenvalue weighted by Gasteiger charge is -2.19. The van der Waals surface area contributed by atoms with E-state index in [0.29, 0.717) is 25.7 Å². The second kappa shape index (κ2) is 11.7. The van der Waals surface area contributed by atoms with Crippen molar-refractivity contribution in [3.8, 4) is 0 Å². The molecule has 3 rings (SSSR count). The molecule has 2 saturated heterocycles. The van der Waals surface area contributed by atoms with Crippen molar-refractivity contribution in [3.63, 3.8) is 0 Å². The number of hydrogen-bond acceptors (Lipinski definition) is 10. The van der Waals surface area contributed by atoms with Gasteiger partial charge >= 0.3 is 11.9 Å². The summed E-state index contributed by atoms with van der Waals surface area (Å²) in [7, 11) is 0. The summed E-state index contributed by atoms with van der Waals surface area (Å²) >= 11 is 0. The molecule has 2 heterocycles. The number of hydrogen-bond donors (Lipinski definition) is 1. The molecule has 2 aliphatic heterocycles. The Bertz CT molecular complexity index is 776. The van der Waals surface area contributed by atoms with Crippen molar-refractivity contribution in [3.05, 3.63) is 46.0 Å². The van der Waals surface area contributed by atoms with Crippen molar-refractivity contribution in [2.75, 3.05) is 19.8 Å². The van der Waals surface area contributed by atoms with Gasteiger partial charge in [-0.2, -0.15) is 0 Å². The molecular weight excluding hydrogens is 424 g/mol. The zero-order valence-corrected chi connectivity index (χ0v) is 17.6. The van der Waals surface area contributed by atoms with Crippen LogP contribution in [0.1, 0.15) is 31.2 Å². The molecule has 2 aliphatic rings. The fourth-order valence-electron chi connectivity index (χ4n) is 3.73. The van der Waals surface area contributed by atoms with E-state index in [4.69, 9.17) is 24.7 Å². The first kappa shape index (κ1) is 23.9. The Kier molecular flexibility index (Phi) is 8.77. The Morgan fingerprint density at radius 3 is 2.38 bits per heavy atom. The predicted octanol–water partition coefficient (Wildman–Crippen LogP) is 0.946. The van der Waals surface area contributed by atoms with E-state index in [1.165, 1.54) is 0 Å². The minimum absolute atomic E-state index is 0.00518. The molecule has 5 atom stereocenters. The molecule has 0 amide bonds. The molecule has 11 nitrogen and oxygen atoms in total. The molecule has 3 unspecified atom stereocenters. The van der Waals surface area contributed by atoms with Crippen LogP contribution in [0, 0.1) is 10.1 Å². The second-order valence-electron chi connectivity index (χ2n) is 7.76. The van der Waals surface area contributed by atoms with Crippen LogP contribution >= 0.6 is 0 Å². The highest BCUT2D eigenvalue weighted by Gasteiger charge is 2.51. The third-order valence-electron chi connectivity index (χ3n) is 5.34. The minimum Gasteiger partial charge on any atom is -0.457 e. The molecule has 11 heteroatoms. The van der Waals surface area contributed by atoms with Gasteiger partial charge in [0.15, 0.2) is 12.2 Å². The summed E-state index contributed by atoms with van der Waals surface area (Å²) in [6.07, 6.45) is -0.0499. The number of carbonyl (C=O) groups is 2. The standard InChI is InChI=1S/C21H28N2O9/c22-15(11-14-7-3-1-4-8-14)21(25)32-17-13-29-19-16(12-28-20(17)19)31-18(24)9-5-2-6-10-30-23(26)27/h1,3-4,7-8,15-17,19-20H,2,5-6,9-13,22H2/t15?,16?,17?,19-,20-/m1/s1. The van der Waals surface area contributed by atoms with Crippen molar-refractivity contribution >= 4 is 11.9 Å². The average molecular weight is 452 g/mol. The largest absolute Gasteiger partial charge is 0.457 e. The molecule has 176 valence electrons. The number of unbranched alkanes of at least 4 members (excludes halogenated alkanes) is 2. The smallest absolute Gasteiger partial charge is 0.323 e. The van der Waals surface area contributed by atoms with E-state index in [2.05, 4.69) is 4.84 Å². The number of esters is 2. The topological polar surface area (TPSA) is 149 Å². The Morgan fingerprint density at radius 2 is 1.72 bits per heavy atom. The number of nitrogens with zero attached hydrogens (tertiary/aromatic N) is 1. The van der Waals surface area contributed by atoms with Gasteiger partial charge in [-0.25, -0.2) is 0 Å². The zero-order valence-electron chi connectivity index (χ0n) is 17.6. The van der Waals surface area contributed by atoms with Gasteiger partial charge < -0.3 is 29.5 Å². The van der Waals surface area contributed by atoms with Crippen LogP contribution in [-0.4, -0.2) is 67.3 Å². The second-order valence-corrected chi connectivity index (χ2v) is 7.76. The Morgan fingerprint density at radius 1 is 1.06 bits per heavy atom. The van der Waals surface area contributed by atoms with Gasteiger partial charge in [-0.05, 0) is 24.8 Å². The van der Waals surface area contributed by atoms with Gasteiger partial charge in [-0.15, -0.1) is 10.1 Å². The summed E-state index contributed by atoms with van der Waals surface area (Å²) in [5.41, 5.74) is 6.92. The third-order valence-corrected chi connectivity index (χ3v) is 5.34. The first-order valence-corrected chi connectivity index (χ1v) is 10.6. The fourth-order valence-corrected chi connectivity index (χ4v) is 3.73. The van der Waals surface area contributed by atoms with Crippen LogP contribution in [0.2, 0.25) is 0 Å². The quantitative estimate of drug-likeness (QED) is 0.210. The van der Waals surface area contributed by atoms with E-state index in [-0.39, 0.29) is 26.2 Å². The molecule has 2 fully saturated rings. The lowest BCUT2D eigenvalue weighted by Crippen LogP contribution is -2.41. The van der Waals surface area contributed by atoms with Gasteiger partial charge in [0, 0.05) is 6.42 Å². The SMILES string of the molecule is NC(Cc1ccccc1)C(=O)OC1CO[C@@H]2C(OC(=O)CCCCCO[N+](=O)[O-])CO[C@H]12. The maximum absolute atomic E-state index is 12.4. The highest BCUT2D eigenvalue weighted by Crippen LogP contribution is 2.31. The van der Waals surface area contributed by atoms with E-state index in [0.717, 1.165) is 5.56 Å². The Labute approximate surface area is 185 Å². The van der Waals surface area contributed by atoms with Crippen LogP contribution in [-0.2, 0) is 39.8 Å². The van der Waals surface area contributed by atoms with Gasteiger partial charge in [-0.3, -0.25) is 9.59 Å². The van der Waals surface area contributed by atoms with E-state index in [9.17, 15) is 19.7 Å². The predicted molar refractivity (Wildman–Crippen MR) is 109 cm³/mol. The van der Waals surface area contributed by atoms with Gasteiger partial charge in [0.2, 0.25) is 0 Å². The van der Waals surface area contributed by atoms with Crippen molar-refractivity contribution in [2.24, 2.45) is 5.73 Å². The van der Waals surface area contributed by atoms with Crippen molar-refractivity contribution < 1.29 is 38.5 Å². The van der Waals surface area contributed by atoms with Crippen LogP contribution in [0.3, 0.4) is 0 Å². The maximum atomic E-state index is 12.4. The minimum atomic E-state index is -0.839. The average Bonchev–Trinajstić information content (AvgIpc) is 3.34. The molecule has 1 aromatic carbocycles. The number of rotatable bonds is 12. The van der Waals surface area contributed by atoms with Gasteiger partial charge in [-0.1, -0.05) is 36.8 Å². The Hall–Kier alpha value is -2.76. The molecule has 0 bridgehead atoms. The highest BCUT2D eigenvalue weighted by molar-refractivity contribution is 5.76. The van der Waals surface area contributed by atoms with Crippen LogP contribution < -0.4 is 5.73 Å². The van der Waals surface area contributed by atoms with Gasteiger partial charge in [0.25, 0.3) is 5.09 Å². The van der Waals surface area contributed by atoms with E-state index >= 15 is 0 Å². The van der Waals surface area contributed by atoms with E-state index < -0.39 is 47.5 Å². The van der Waals surface area contributed by atoms with Gasteiger partial charge in [0.1, 0.15) is 18.2 Å². The highest BCUT2D eigenvalue weighted by atomic mass is 16.9. The Balaban J connectivity index is 1.37. The summed E-state index contributed by atoms with van der Waals surface area (Å²) in [5.74, 6) is -0.934. The normalized spacial score (nSPS) is 25.0. The molecule has 0 aliphatic carbocycles. The van der Waals surface area contributed by atoms with Crippen LogP contribution in [0.15, 0.2) is 30.3 Å². The number of fused-ring (bicyclic) bond motifs is 1. The maximum Gasteiger partial charge on any atom is 0.323 e. The zero-order chi connectivity index (χ0) is 22.9. The van der Waals surface area contributed by atoms with Crippen molar-refractivity contribution in [1.82, 2.24) is 0 Å². The molecule has 0 saturated carbocycles. The van der Waals surface area contributed by atoms with E-state index in [1.807, 2.05) is 30.3 Å². The van der Waals surface area contributed by atoms with Crippen molar-refractivity contribution in [1.29, 1.82) is 0 Å². The first-order chi connectivity index (χ1) is 15.4. The molecule has 0 radical (unpaired) electrons. The van der Waals surface area contributed by atoms with E-state index in [1.54, 1.807) is 0 Å². The number of benzene rings is 1. The summed E-state index contributed by atoms with van der Waals surface area (Å²) in [6, 6.07) is 8.62. The number of carbonyl (C=O) groups excluding carboxylic acids is 2. The fraction of sp³-hybridized carbons (Fsp3) is 0.619. The lowest BCUT2D eigenvalue weighted by atomic mass is 10.1. The summed E-state index contributed by atoms with van der Waals surface area (Å²) in [5, 5.41) is 9.23. The first-order valence-electron chi connectivity index (χ1n) is 10.6. The molecule has 32 heavy (non-hydrogen) atoms. The summed E-state index contributed by atoms with van der Waals surface area (Å²) < 4.78 is 22.3.